The van der Waals surface area contributed by atoms with Crippen molar-refractivity contribution in [1.82, 2.24) is 5.32 Å². The first-order chi connectivity index (χ1) is 8.77. The van der Waals surface area contributed by atoms with Gasteiger partial charge in [0.2, 0.25) is 0 Å². The summed E-state index contributed by atoms with van der Waals surface area (Å²) in [6.07, 6.45) is 8.00. The fourth-order valence-electron chi connectivity index (χ4n) is 1.42. The highest BCUT2D eigenvalue weighted by atomic mass is 35.5. The highest BCUT2D eigenvalue weighted by Gasteiger charge is 2.10. The number of rotatable bonds is 2. The van der Waals surface area contributed by atoms with E-state index in [1.165, 1.54) is 0 Å². The fourth-order valence-corrected chi connectivity index (χ4v) is 1.56. The lowest BCUT2D eigenvalue weighted by atomic mass is 10.0. The normalized spacial score (nSPS) is 23.2. The van der Waals surface area contributed by atoms with Gasteiger partial charge in [0, 0.05) is 30.1 Å². The lowest BCUT2D eigenvalue weighted by molar-refractivity contribution is 0.778. The van der Waals surface area contributed by atoms with E-state index in [0.29, 0.717) is 5.92 Å². The van der Waals surface area contributed by atoms with Gasteiger partial charge in [0.05, 0.1) is 0 Å². The molecule has 0 fully saturated rings. The molecule has 0 aromatic heterocycles. The van der Waals surface area contributed by atoms with Gasteiger partial charge in [-0.1, -0.05) is 58.4 Å². The fraction of sp³-hybridized carbons (Fsp3) is 0.667. The molecule has 1 aliphatic rings. The van der Waals surface area contributed by atoms with Crippen molar-refractivity contribution < 1.29 is 0 Å². The van der Waals surface area contributed by atoms with Crippen LogP contribution in [0.4, 0.5) is 0 Å². The minimum absolute atomic E-state index is 0.399. The second-order valence-electron chi connectivity index (χ2n) is 3.24. The van der Waals surface area contributed by atoms with Gasteiger partial charge in [-0.3, -0.25) is 4.99 Å². The van der Waals surface area contributed by atoms with Gasteiger partial charge in [-0.25, -0.2) is 0 Å². The quantitative estimate of drug-likeness (QED) is 0.694. The topological polar surface area (TPSA) is 24.4 Å². The van der Waals surface area contributed by atoms with Crippen LogP contribution in [0.2, 0.25) is 0 Å². The Balaban J connectivity index is 0. The predicted octanol–water partition coefficient (Wildman–Crippen LogP) is 5.11. The molecule has 0 amide bonds. The molecule has 0 saturated carbocycles. The third kappa shape index (κ3) is 8.35. The van der Waals surface area contributed by atoms with Crippen molar-refractivity contribution in [2.75, 3.05) is 6.54 Å². The van der Waals surface area contributed by atoms with Crippen molar-refractivity contribution in [3.05, 3.63) is 23.4 Å². The molecule has 0 bridgehead atoms. The molecule has 0 aliphatic carbocycles. The van der Waals surface area contributed by atoms with Crippen molar-refractivity contribution >= 4 is 17.4 Å². The van der Waals surface area contributed by atoms with Crippen LogP contribution in [0.3, 0.4) is 0 Å². The SMILES string of the molecule is CC.CC.CCN=C1N/C=C(/Cl)CC=CC1CC. The van der Waals surface area contributed by atoms with Crippen molar-refractivity contribution in [3.63, 3.8) is 0 Å². The van der Waals surface area contributed by atoms with Crippen molar-refractivity contribution in [2.45, 2.75) is 54.4 Å². The number of nitrogens with zero attached hydrogens (tertiary/aromatic N) is 1. The second kappa shape index (κ2) is 14.3. The minimum Gasteiger partial charge on any atom is -0.349 e. The van der Waals surface area contributed by atoms with E-state index in [2.05, 4.69) is 29.4 Å². The van der Waals surface area contributed by atoms with Gasteiger partial charge >= 0.3 is 0 Å². The Hall–Kier alpha value is -0.760. The van der Waals surface area contributed by atoms with Crippen LogP contribution in [-0.4, -0.2) is 12.4 Å². The van der Waals surface area contributed by atoms with Crippen molar-refractivity contribution in [3.8, 4) is 0 Å². The molecule has 0 saturated heterocycles. The van der Waals surface area contributed by atoms with E-state index in [4.69, 9.17) is 11.6 Å². The number of amidine groups is 1. The van der Waals surface area contributed by atoms with Crippen molar-refractivity contribution in [2.24, 2.45) is 10.9 Å². The molecule has 1 heterocycles. The molecule has 18 heavy (non-hydrogen) atoms. The van der Waals surface area contributed by atoms with E-state index in [1.54, 1.807) is 0 Å². The van der Waals surface area contributed by atoms with E-state index in [9.17, 15) is 0 Å². The van der Waals surface area contributed by atoms with Crippen LogP contribution in [0.15, 0.2) is 28.4 Å². The first-order valence-electron chi connectivity index (χ1n) is 7.10. The standard InChI is InChI=1S/C11H17ClN2.2C2H6/c1-3-9-6-5-7-10(12)8-14-11(9)13-4-2;2*1-2/h5-6,8-9H,3-4,7H2,1-2H3,(H,13,14);2*1-2H3/b6-5?,10-8+;;. The summed E-state index contributed by atoms with van der Waals surface area (Å²) in [5.41, 5.74) is 0. The molecule has 3 heteroatoms. The maximum Gasteiger partial charge on any atom is 0.107 e. The first kappa shape index (κ1) is 19.6. The summed E-state index contributed by atoms with van der Waals surface area (Å²) >= 11 is 5.94. The van der Waals surface area contributed by atoms with E-state index < -0.39 is 0 Å². The summed E-state index contributed by atoms with van der Waals surface area (Å²) in [7, 11) is 0. The number of hydrogen-bond donors (Lipinski definition) is 1. The average Bonchev–Trinajstić information content (AvgIpc) is 2.42. The summed E-state index contributed by atoms with van der Waals surface area (Å²) in [4.78, 5) is 4.42. The van der Waals surface area contributed by atoms with Gasteiger partial charge in [0.15, 0.2) is 0 Å². The summed E-state index contributed by atoms with van der Waals surface area (Å²) in [6.45, 7) is 13.0. The Labute approximate surface area is 118 Å². The van der Waals surface area contributed by atoms with E-state index in [-0.39, 0.29) is 0 Å². The first-order valence-corrected chi connectivity index (χ1v) is 7.47. The maximum absolute atomic E-state index is 5.94. The van der Waals surface area contributed by atoms with Gasteiger partial charge in [-0.2, -0.15) is 0 Å². The Bertz CT molecular complexity index is 268. The Morgan fingerprint density at radius 1 is 1.28 bits per heavy atom. The highest BCUT2D eigenvalue weighted by molar-refractivity contribution is 6.29. The lowest BCUT2D eigenvalue weighted by Gasteiger charge is -2.16. The zero-order valence-corrected chi connectivity index (χ0v) is 13.5. The molecule has 1 N–H and O–H groups in total. The highest BCUT2D eigenvalue weighted by Crippen LogP contribution is 2.14. The van der Waals surface area contributed by atoms with Crippen LogP contribution in [0.25, 0.3) is 0 Å². The van der Waals surface area contributed by atoms with E-state index in [0.717, 1.165) is 30.3 Å². The van der Waals surface area contributed by atoms with E-state index in [1.807, 2.05) is 40.8 Å². The van der Waals surface area contributed by atoms with E-state index >= 15 is 0 Å². The lowest BCUT2D eigenvalue weighted by Crippen LogP contribution is -2.26. The molecule has 0 aromatic rings. The number of allylic oxidation sites excluding steroid dienone is 2. The largest absolute Gasteiger partial charge is 0.349 e. The Morgan fingerprint density at radius 2 is 1.89 bits per heavy atom. The maximum atomic E-state index is 5.94. The summed E-state index contributed by atoms with van der Waals surface area (Å²) in [6, 6.07) is 0. The molecule has 1 rings (SSSR count). The van der Waals surface area contributed by atoms with Crippen LogP contribution in [0.5, 0.6) is 0 Å². The van der Waals surface area contributed by atoms with Gasteiger partial charge < -0.3 is 5.32 Å². The number of halogens is 1. The number of hydrogen-bond acceptors (Lipinski definition) is 1. The molecule has 1 atom stereocenters. The van der Waals surface area contributed by atoms with Crippen molar-refractivity contribution in [1.29, 1.82) is 0 Å². The number of aliphatic imine (C=N–C) groups is 1. The van der Waals surface area contributed by atoms with Crippen LogP contribution >= 0.6 is 11.6 Å². The molecule has 1 aliphatic heterocycles. The third-order valence-corrected chi connectivity index (χ3v) is 2.44. The van der Waals surface area contributed by atoms with Gasteiger partial charge in [-0.15, -0.1) is 0 Å². The average molecular weight is 273 g/mol. The molecule has 0 radical (unpaired) electrons. The minimum atomic E-state index is 0.399. The van der Waals surface area contributed by atoms with Crippen LogP contribution in [0, 0.1) is 5.92 Å². The predicted molar refractivity (Wildman–Crippen MR) is 85.3 cm³/mol. The number of nitrogens with one attached hydrogen (secondary N) is 1. The summed E-state index contributed by atoms with van der Waals surface area (Å²) in [5, 5.41) is 4.00. The molecule has 0 spiro atoms. The summed E-state index contributed by atoms with van der Waals surface area (Å²) < 4.78 is 0. The zero-order valence-electron chi connectivity index (χ0n) is 12.8. The molecular formula is C15H29ClN2. The van der Waals surface area contributed by atoms with Crippen LogP contribution in [-0.2, 0) is 0 Å². The molecule has 2 nitrogen and oxygen atoms in total. The summed E-state index contributed by atoms with van der Waals surface area (Å²) in [5.74, 6) is 1.42. The van der Waals surface area contributed by atoms with Crippen LogP contribution < -0.4 is 5.32 Å². The molecule has 1 unspecified atom stereocenters. The third-order valence-electron chi connectivity index (χ3n) is 2.18. The van der Waals surface area contributed by atoms with Gasteiger partial charge in [0.1, 0.15) is 5.84 Å². The monoisotopic (exact) mass is 272 g/mol. The Morgan fingerprint density at radius 3 is 2.39 bits per heavy atom. The zero-order chi connectivity index (χ0) is 14.4. The molecule has 0 aromatic carbocycles. The molecule has 106 valence electrons. The Kier molecular flexibility index (Phi) is 15.6. The second-order valence-corrected chi connectivity index (χ2v) is 3.73. The molecular weight excluding hydrogens is 244 g/mol. The van der Waals surface area contributed by atoms with Gasteiger partial charge in [0.25, 0.3) is 0 Å². The van der Waals surface area contributed by atoms with Gasteiger partial charge in [-0.05, 0) is 13.3 Å². The van der Waals surface area contributed by atoms with Crippen LogP contribution in [0.1, 0.15) is 54.4 Å². The smallest absolute Gasteiger partial charge is 0.107 e.